The van der Waals surface area contributed by atoms with E-state index in [0.717, 1.165) is 42.9 Å². The summed E-state index contributed by atoms with van der Waals surface area (Å²) in [4.78, 5) is 6.81. The summed E-state index contributed by atoms with van der Waals surface area (Å²) in [7, 11) is 2.07. The van der Waals surface area contributed by atoms with Crippen LogP contribution in [-0.4, -0.2) is 18.6 Å². The van der Waals surface area contributed by atoms with E-state index in [0.29, 0.717) is 6.54 Å². The van der Waals surface area contributed by atoms with Crippen LogP contribution in [0.5, 0.6) is 0 Å². The van der Waals surface area contributed by atoms with E-state index in [2.05, 4.69) is 42.6 Å². The van der Waals surface area contributed by atoms with Gasteiger partial charge in [0.15, 0.2) is 0 Å². The fourth-order valence-corrected chi connectivity index (χ4v) is 1.72. The topological polar surface area (TPSA) is 42.1 Å². The highest BCUT2D eigenvalue weighted by atomic mass is 15.2. The Bertz CT molecular complexity index is 338. The predicted molar refractivity (Wildman–Crippen MR) is 74.2 cm³/mol. The Labute approximate surface area is 104 Å². The molecule has 0 bridgehead atoms. The quantitative estimate of drug-likeness (QED) is 0.581. The SMILES string of the molecule is C=CCCCN(C)c1cc(CN)cc(CC)n1. The van der Waals surface area contributed by atoms with Crippen molar-refractivity contribution in [1.82, 2.24) is 4.98 Å². The van der Waals surface area contributed by atoms with Gasteiger partial charge in [0.2, 0.25) is 0 Å². The molecule has 0 atom stereocenters. The fraction of sp³-hybridized carbons (Fsp3) is 0.500. The first kappa shape index (κ1) is 13.7. The lowest BCUT2D eigenvalue weighted by molar-refractivity contribution is 0.787. The average molecular weight is 233 g/mol. The van der Waals surface area contributed by atoms with Crippen molar-refractivity contribution in [2.45, 2.75) is 32.7 Å². The highest BCUT2D eigenvalue weighted by Crippen LogP contribution is 2.15. The van der Waals surface area contributed by atoms with Crippen LogP contribution < -0.4 is 10.6 Å². The summed E-state index contributed by atoms with van der Waals surface area (Å²) < 4.78 is 0. The average Bonchev–Trinajstić information content (AvgIpc) is 2.38. The van der Waals surface area contributed by atoms with E-state index in [4.69, 9.17) is 5.73 Å². The van der Waals surface area contributed by atoms with E-state index >= 15 is 0 Å². The Balaban J connectivity index is 2.76. The molecule has 1 heterocycles. The summed E-state index contributed by atoms with van der Waals surface area (Å²) in [5.74, 6) is 1.02. The Hall–Kier alpha value is -1.35. The van der Waals surface area contributed by atoms with E-state index in [1.54, 1.807) is 0 Å². The molecule has 3 nitrogen and oxygen atoms in total. The van der Waals surface area contributed by atoms with Gasteiger partial charge in [0.1, 0.15) is 5.82 Å². The van der Waals surface area contributed by atoms with Gasteiger partial charge in [-0.05, 0) is 37.0 Å². The second kappa shape index (κ2) is 7.07. The van der Waals surface area contributed by atoms with Crippen LogP contribution in [-0.2, 0) is 13.0 Å². The Morgan fingerprint density at radius 3 is 2.82 bits per heavy atom. The van der Waals surface area contributed by atoms with Crippen LogP contribution >= 0.6 is 0 Å². The normalized spacial score (nSPS) is 10.3. The van der Waals surface area contributed by atoms with Gasteiger partial charge in [0.25, 0.3) is 0 Å². The number of hydrogen-bond acceptors (Lipinski definition) is 3. The van der Waals surface area contributed by atoms with E-state index in [9.17, 15) is 0 Å². The maximum absolute atomic E-state index is 5.70. The molecule has 1 rings (SSSR count). The molecule has 2 N–H and O–H groups in total. The molecular formula is C14H23N3. The molecule has 0 amide bonds. The lowest BCUT2D eigenvalue weighted by Crippen LogP contribution is -2.20. The molecule has 0 saturated carbocycles. The minimum Gasteiger partial charge on any atom is -0.360 e. The van der Waals surface area contributed by atoms with E-state index in [-0.39, 0.29) is 0 Å². The molecule has 0 fully saturated rings. The second-order valence-electron chi connectivity index (χ2n) is 4.24. The first-order chi connectivity index (χ1) is 8.21. The van der Waals surface area contributed by atoms with Gasteiger partial charge >= 0.3 is 0 Å². The standard InChI is InChI=1S/C14H23N3/c1-4-6-7-8-17(3)14-10-12(11-15)9-13(5-2)16-14/h4,9-10H,1,5-8,11,15H2,2-3H3. The number of rotatable bonds is 7. The zero-order valence-corrected chi connectivity index (χ0v) is 10.9. The number of pyridine rings is 1. The minimum absolute atomic E-state index is 0.572. The zero-order valence-electron chi connectivity index (χ0n) is 10.9. The van der Waals surface area contributed by atoms with Crippen LogP contribution in [0.2, 0.25) is 0 Å². The van der Waals surface area contributed by atoms with Crippen LogP contribution in [0.1, 0.15) is 31.0 Å². The van der Waals surface area contributed by atoms with Crippen molar-refractivity contribution >= 4 is 5.82 Å². The maximum atomic E-state index is 5.70. The van der Waals surface area contributed by atoms with Crippen LogP contribution in [0, 0.1) is 0 Å². The lowest BCUT2D eigenvalue weighted by Gasteiger charge is -2.19. The molecule has 17 heavy (non-hydrogen) atoms. The Morgan fingerprint density at radius 2 is 2.24 bits per heavy atom. The number of aromatic nitrogens is 1. The van der Waals surface area contributed by atoms with Crippen LogP contribution in [0.25, 0.3) is 0 Å². The van der Waals surface area contributed by atoms with Gasteiger partial charge in [-0.1, -0.05) is 13.0 Å². The van der Waals surface area contributed by atoms with Crippen LogP contribution in [0.15, 0.2) is 24.8 Å². The number of aryl methyl sites for hydroxylation is 1. The van der Waals surface area contributed by atoms with E-state index < -0.39 is 0 Å². The van der Waals surface area contributed by atoms with Crippen molar-refractivity contribution in [3.63, 3.8) is 0 Å². The van der Waals surface area contributed by atoms with Gasteiger partial charge in [0.05, 0.1) is 0 Å². The molecule has 1 aromatic heterocycles. The number of nitrogens with zero attached hydrogens (tertiary/aromatic N) is 2. The number of hydrogen-bond donors (Lipinski definition) is 1. The van der Waals surface area contributed by atoms with E-state index in [1.165, 1.54) is 0 Å². The van der Waals surface area contributed by atoms with Crippen molar-refractivity contribution in [3.8, 4) is 0 Å². The lowest BCUT2D eigenvalue weighted by atomic mass is 10.2. The first-order valence-corrected chi connectivity index (χ1v) is 6.23. The van der Waals surface area contributed by atoms with Crippen molar-refractivity contribution in [1.29, 1.82) is 0 Å². The number of anilines is 1. The molecule has 0 radical (unpaired) electrons. The summed E-state index contributed by atoms with van der Waals surface area (Å²) in [5, 5.41) is 0. The summed E-state index contributed by atoms with van der Waals surface area (Å²) in [6.07, 6.45) is 5.05. The van der Waals surface area contributed by atoms with Gasteiger partial charge in [-0.25, -0.2) is 4.98 Å². The molecule has 0 aliphatic rings. The molecule has 0 unspecified atom stereocenters. The summed E-state index contributed by atoms with van der Waals surface area (Å²) in [6, 6.07) is 4.16. The third-order valence-electron chi connectivity index (χ3n) is 2.82. The van der Waals surface area contributed by atoms with Crippen molar-refractivity contribution in [2.24, 2.45) is 5.73 Å². The zero-order chi connectivity index (χ0) is 12.7. The molecule has 0 spiro atoms. The number of allylic oxidation sites excluding steroid dienone is 1. The van der Waals surface area contributed by atoms with Crippen molar-refractivity contribution in [2.75, 3.05) is 18.5 Å². The molecule has 94 valence electrons. The Morgan fingerprint density at radius 1 is 1.47 bits per heavy atom. The summed E-state index contributed by atoms with van der Waals surface area (Å²) in [5.41, 5.74) is 7.97. The molecular weight excluding hydrogens is 210 g/mol. The van der Waals surface area contributed by atoms with Gasteiger partial charge in [-0.15, -0.1) is 6.58 Å². The second-order valence-corrected chi connectivity index (χ2v) is 4.24. The third kappa shape index (κ3) is 4.19. The first-order valence-electron chi connectivity index (χ1n) is 6.23. The molecule has 0 aliphatic heterocycles. The van der Waals surface area contributed by atoms with Crippen LogP contribution in [0.3, 0.4) is 0 Å². The Kier molecular flexibility index (Phi) is 5.70. The summed E-state index contributed by atoms with van der Waals surface area (Å²) >= 11 is 0. The fourth-order valence-electron chi connectivity index (χ4n) is 1.72. The molecule has 0 saturated heterocycles. The molecule has 0 aromatic carbocycles. The smallest absolute Gasteiger partial charge is 0.128 e. The van der Waals surface area contributed by atoms with Crippen molar-refractivity contribution in [3.05, 3.63) is 36.0 Å². The summed E-state index contributed by atoms with van der Waals surface area (Å²) in [6.45, 7) is 7.42. The van der Waals surface area contributed by atoms with Gasteiger partial charge in [0, 0.05) is 25.8 Å². The predicted octanol–water partition coefficient (Wildman–Crippen LogP) is 2.51. The van der Waals surface area contributed by atoms with Gasteiger partial charge in [-0.3, -0.25) is 0 Å². The molecule has 1 aromatic rings. The van der Waals surface area contributed by atoms with E-state index in [1.807, 2.05) is 6.08 Å². The highest BCUT2D eigenvalue weighted by Gasteiger charge is 2.05. The monoisotopic (exact) mass is 233 g/mol. The van der Waals surface area contributed by atoms with Crippen molar-refractivity contribution < 1.29 is 0 Å². The minimum atomic E-state index is 0.572. The third-order valence-corrected chi connectivity index (χ3v) is 2.82. The number of nitrogens with two attached hydrogens (primary N) is 1. The number of unbranched alkanes of at least 4 members (excludes halogenated alkanes) is 1. The largest absolute Gasteiger partial charge is 0.360 e. The van der Waals surface area contributed by atoms with Crippen LogP contribution in [0.4, 0.5) is 5.82 Å². The maximum Gasteiger partial charge on any atom is 0.128 e. The molecule has 0 aliphatic carbocycles. The van der Waals surface area contributed by atoms with Gasteiger partial charge < -0.3 is 10.6 Å². The molecule has 3 heteroatoms. The highest BCUT2D eigenvalue weighted by molar-refractivity contribution is 5.42. The van der Waals surface area contributed by atoms with Gasteiger partial charge in [-0.2, -0.15) is 0 Å².